The van der Waals surface area contributed by atoms with Crippen LogP contribution in [0.15, 0.2) is 28.2 Å². The number of fused-ring (bicyclic) bond motifs is 1. The van der Waals surface area contributed by atoms with Crippen LogP contribution in [-0.2, 0) is 17.6 Å². The molecular weight excluding hydrogens is 317 g/mol. The van der Waals surface area contributed by atoms with E-state index >= 15 is 0 Å². The standard InChI is InChI=1S/C16H16FN3O2S/c1-9-5-6-10(7-12(9)17)18-14(21)8-23-16-19-13-4-2-3-11(13)15(22)20-16/h5-7H,2-4,8H2,1H3,(H,18,21)(H,19,20,22). The van der Waals surface area contributed by atoms with Crippen LogP contribution in [-0.4, -0.2) is 21.6 Å². The number of benzene rings is 1. The maximum absolute atomic E-state index is 13.4. The number of amides is 1. The lowest BCUT2D eigenvalue weighted by Gasteiger charge is -2.07. The molecule has 0 aliphatic heterocycles. The molecule has 0 bridgehead atoms. The molecule has 0 saturated heterocycles. The Bertz CT molecular complexity index is 819. The van der Waals surface area contributed by atoms with Crippen LogP contribution < -0.4 is 10.9 Å². The van der Waals surface area contributed by atoms with Crippen molar-refractivity contribution in [3.8, 4) is 0 Å². The molecule has 2 N–H and O–H groups in total. The van der Waals surface area contributed by atoms with Crippen LogP contribution in [0.25, 0.3) is 0 Å². The lowest BCUT2D eigenvalue weighted by atomic mass is 10.2. The first-order valence-electron chi connectivity index (χ1n) is 7.34. The summed E-state index contributed by atoms with van der Waals surface area (Å²) < 4.78 is 13.4. The van der Waals surface area contributed by atoms with E-state index in [9.17, 15) is 14.0 Å². The highest BCUT2D eigenvalue weighted by molar-refractivity contribution is 7.99. The average Bonchev–Trinajstić information content (AvgIpc) is 2.98. The zero-order valence-corrected chi connectivity index (χ0v) is 13.4. The van der Waals surface area contributed by atoms with E-state index in [-0.39, 0.29) is 23.0 Å². The van der Waals surface area contributed by atoms with E-state index in [1.165, 1.54) is 6.07 Å². The van der Waals surface area contributed by atoms with Crippen molar-refractivity contribution in [1.29, 1.82) is 0 Å². The van der Waals surface area contributed by atoms with Gasteiger partial charge in [-0.15, -0.1) is 0 Å². The molecule has 1 aliphatic rings. The number of nitrogens with zero attached hydrogens (tertiary/aromatic N) is 1. The number of anilines is 1. The summed E-state index contributed by atoms with van der Waals surface area (Å²) in [6, 6.07) is 4.54. The number of thioether (sulfide) groups is 1. The van der Waals surface area contributed by atoms with E-state index in [2.05, 4.69) is 15.3 Å². The highest BCUT2D eigenvalue weighted by Crippen LogP contribution is 2.20. The lowest BCUT2D eigenvalue weighted by Crippen LogP contribution is -2.17. The van der Waals surface area contributed by atoms with Gasteiger partial charge in [0.1, 0.15) is 5.82 Å². The molecule has 1 heterocycles. The number of carbonyl (C=O) groups is 1. The molecule has 0 radical (unpaired) electrons. The fraction of sp³-hybridized carbons (Fsp3) is 0.312. The summed E-state index contributed by atoms with van der Waals surface area (Å²) in [5, 5.41) is 3.07. The van der Waals surface area contributed by atoms with Crippen LogP contribution in [0.2, 0.25) is 0 Å². The predicted octanol–water partition coefficient (Wildman–Crippen LogP) is 2.44. The number of rotatable bonds is 4. The average molecular weight is 333 g/mol. The zero-order chi connectivity index (χ0) is 16.4. The molecule has 0 spiro atoms. The second-order valence-corrected chi connectivity index (χ2v) is 6.41. The van der Waals surface area contributed by atoms with Crippen LogP contribution in [0.3, 0.4) is 0 Å². The van der Waals surface area contributed by atoms with Gasteiger partial charge in [-0.05, 0) is 43.9 Å². The third kappa shape index (κ3) is 3.61. The Morgan fingerprint density at radius 1 is 1.43 bits per heavy atom. The van der Waals surface area contributed by atoms with Gasteiger partial charge >= 0.3 is 0 Å². The minimum absolute atomic E-state index is 0.0945. The van der Waals surface area contributed by atoms with Gasteiger partial charge in [0, 0.05) is 11.3 Å². The van der Waals surface area contributed by atoms with Gasteiger partial charge in [-0.2, -0.15) is 0 Å². The minimum Gasteiger partial charge on any atom is -0.325 e. The number of aromatic amines is 1. The summed E-state index contributed by atoms with van der Waals surface area (Å²) in [6.45, 7) is 1.66. The highest BCUT2D eigenvalue weighted by atomic mass is 32.2. The molecule has 120 valence electrons. The molecule has 1 aliphatic carbocycles. The summed E-state index contributed by atoms with van der Waals surface area (Å²) in [5.41, 5.74) is 2.41. The van der Waals surface area contributed by atoms with Gasteiger partial charge in [0.25, 0.3) is 5.56 Å². The Kier molecular flexibility index (Phi) is 4.47. The molecule has 23 heavy (non-hydrogen) atoms. The molecule has 7 heteroatoms. The van der Waals surface area contributed by atoms with Crippen molar-refractivity contribution in [1.82, 2.24) is 9.97 Å². The summed E-state index contributed by atoms with van der Waals surface area (Å²) in [5.74, 6) is -0.543. The molecule has 1 aromatic heterocycles. The SMILES string of the molecule is Cc1ccc(NC(=O)CSc2nc3c(c(=O)[nH]2)CCC3)cc1F. The van der Waals surface area contributed by atoms with Crippen LogP contribution >= 0.6 is 11.8 Å². The van der Waals surface area contributed by atoms with Gasteiger partial charge in [-0.25, -0.2) is 9.37 Å². The Hall–Kier alpha value is -2.15. The first kappa shape index (κ1) is 15.7. The molecule has 1 amide bonds. The van der Waals surface area contributed by atoms with Crippen molar-refractivity contribution < 1.29 is 9.18 Å². The molecule has 0 fully saturated rings. The van der Waals surface area contributed by atoms with Crippen molar-refractivity contribution >= 4 is 23.4 Å². The quantitative estimate of drug-likeness (QED) is 0.666. The van der Waals surface area contributed by atoms with Crippen LogP contribution in [0.4, 0.5) is 10.1 Å². The third-order valence-electron chi connectivity index (χ3n) is 3.72. The largest absolute Gasteiger partial charge is 0.325 e. The third-order valence-corrected chi connectivity index (χ3v) is 4.59. The topological polar surface area (TPSA) is 74.8 Å². The fourth-order valence-corrected chi connectivity index (χ4v) is 3.17. The van der Waals surface area contributed by atoms with Gasteiger partial charge in [-0.3, -0.25) is 9.59 Å². The Labute approximate surface area is 136 Å². The number of nitrogens with one attached hydrogen (secondary N) is 2. The van der Waals surface area contributed by atoms with Gasteiger partial charge in [0.15, 0.2) is 5.16 Å². The summed E-state index contributed by atoms with van der Waals surface area (Å²) >= 11 is 1.16. The molecule has 2 aromatic rings. The Balaban J connectivity index is 1.62. The Morgan fingerprint density at radius 3 is 3.04 bits per heavy atom. The van der Waals surface area contributed by atoms with Crippen molar-refractivity contribution in [2.24, 2.45) is 0 Å². The maximum atomic E-state index is 13.4. The number of carbonyl (C=O) groups excluding carboxylic acids is 1. The minimum atomic E-state index is -0.361. The zero-order valence-electron chi connectivity index (χ0n) is 12.6. The normalized spacial score (nSPS) is 13.0. The van der Waals surface area contributed by atoms with E-state index in [0.29, 0.717) is 16.4 Å². The van der Waals surface area contributed by atoms with Gasteiger partial charge in [0.2, 0.25) is 5.91 Å². The number of aromatic nitrogens is 2. The second kappa shape index (κ2) is 6.54. The summed E-state index contributed by atoms with van der Waals surface area (Å²) in [4.78, 5) is 30.9. The van der Waals surface area contributed by atoms with Crippen molar-refractivity contribution in [2.75, 3.05) is 11.1 Å². The smallest absolute Gasteiger partial charge is 0.254 e. The number of H-pyrrole nitrogens is 1. The molecular formula is C16H16FN3O2S. The van der Waals surface area contributed by atoms with Crippen molar-refractivity contribution in [3.63, 3.8) is 0 Å². The molecule has 5 nitrogen and oxygen atoms in total. The molecule has 1 aromatic carbocycles. The lowest BCUT2D eigenvalue weighted by molar-refractivity contribution is -0.113. The summed E-state index contributed by atoms with van der Waals surface area (Å²) in [7, 11) is 0. The highest BCUT2D eigenvalue weighted by Gasteiger charge is 2.17. The first-order valence-corrected chi connectivity index (χ1v) is 8.32. The van der Waals surface area contributed by atoms with Gasteiger partial charge in [0.05, 0.1) is 11.4 Å². The van der Waals surface area contributed by atoms with Crippen LogP contribution in [0.5, 0.6) is 0 Å². The van der Waals surface area contributed by atoms with E-state index in [1.807, 2.05) is 0 Å². The van der Waals surface area contributed by atoms with Crippen molar-refractivity contribution in [3.05, 3.63) is 51.2 Å². The number of hydrogen-bond donors (Lipinski definition) is 2. The van der Waals surface area contributed by atoms with E-state index in [0.717, 1.165) is 42.3 Å². The number of hydrogen-bond acceptors (Lipinski definition) is 4. The maximum Gasteiger partial charge on any atom is 0.254 e. The van der Waals surface area contributed by atoms with Crippen LogP contribution in [0, 0.1) is 12.7 Å². The fourth-order valence-electron chi connectivity index (χ4n) is 2.49. The summed E-state index contributed by atoms with van der Waals surface area (Å²) in [6.07, 6.45) is 2.52. The Morgan fingerprint density at radius 2 is 2.26 bits per heavy atom. The number of aryl methyl sites for hydroxylation is 2. The van der Waals surface area contributed by atoms with Gasteiger partial charge in [-0.1, -0.05) is 17.8 Å². The molecule has 0 saturated carbocycles. The molecule has 0 unspecified atom stereocenters. The van der Waals surface area contributed by atoms with Crippen molar-refractivity contribution in [2.45, 2.75) is 31.3 Å². The first-order chi connectivity index (χ1) is 11.0. The van der Waals surface area contributed by atoms with Crippen LogP contribution in [0.1, 0.15) is 23.2 Å². The van der Waals surface area contributed by atoms with E-state index in [4.69, 9.17) is 0 Å². The van der Waals surface area contributed by atoms with E-state index < -0.39 is 0 Å². The second-order valence-electron chi connectivity index (χ2n) is 5.45. The molecule has 0 atom stereocenters. The monoisotopic (exact) mass is 333 g/mol. The van der Waals surface area contributed by atoms with E-state index in [1.54, 1.807) is 19.1 Å². The predicted molar refractivity (Wildman–Crippen MR) is 87.4 cm³/mol. The number of halogens is 1. The van der Waals surface area contributed by atoms with Gasteiger partial charge < -0.3 is 10.3 Å². The molecule has 3 rings (SSSR count).